The first kappa shape index (κ1) is 14.5. The van der Waals surface area contributed by atoms with Crippen molar-refractivity contribution in [1.82, 2.24) is 0 Å². The van der Waals surface area contributed by atoms with Crippen LogP contribution >= 0.6 is 27.5 Å². The van der Waals surface area contributed by atoms with E-state index in [9.17, 15) is 13.0 Å². The molecule has 0 bridgehead atoms. The average Bonchev–Trinajstić information content (AvgIpc) is 2.30. The van der Waals surface area contributed by atoms with Gasteiger partial charge in [0.05, 0.1) is 4.90 Å². The Morgan fingerprint density at radius 1 is 1.16 bits per heavy atom. The number of rotatable bonds is 3. The van der Waals surface area contributed by atoms with Crippen molar-refractivity contribution >= 4 is 37.6 Å². The fourth-order valence-corrected chi connectivity index (χ4v) is 3.40. The highest BCUT2D eigenvalue weighted by Gasteiger charge is 2.17. The maximum atomic E-state index is 11.4. The molecule has 0 aliphatic carbocycles. The van der Waals surface area contributed by atoms with Crippen LogP contribution in [0.4, 0.5) is 0 Å². The second kappa shape index (κ2) is 5.63. The van der Waals surface area contributed by atoms with Crippen molar-refractivity contribution in [3.63, 3.8) is 0 Å². The Labute approximate surface area is 125 Å². The van der Waals surface area contributed by atoms with Crippen LogP contribution < -0.4 is 0 Å². The molecule has 2 aromatic rings. The van der Waals surface area contributed by atoms with E-state index in [1.165, 1.54) is 6.07 Å². The van der Waals surface area contributed by atoms with Gasteiger partial charge in [-0.1, -0.05) is 45.7 Å². The summed E-state index contributed by atoms with van der Waals surface area (Å²) in [6.07, 6.45) is 0.358. The Morgan fingerprint density at radius 3 is 2.47 bits per heavy atom. The zero-order valence-electron chi connectivity index (χ0n) is 9.68. The Bertz CT molecular complexity index is 714. The van der Waals surface area contributed by atoms with Gasteiger partial charge in [0, 0.05) is 9.50 Å². The number of hydrogen-bond acceptors (Lipinski definition) is 2. The second-order valence-electron chi connectivity index (χ2n) is 4.00. The van der Waals surface area contributed by atoms with E-state index in [4.69, 9.17) is 11.6 Å². The minimum Gasteiger partial charge on any atom is -0.282 e. The molecule has 3 nitrogen and oxygen atoms in total. The van der Waals surface area contributed by atoms with E-state index in [0.29, 0.717) is 21.5 Å². The predicted octanol–water partition coefficient (Wildman–Crippen LogP) is 3.94. The van der Waals surface area contributed by atoms with Crippen molar-refractivity contribution in [2.45, 2.75) is 11.3 Å². The zero-order chi connectivity index (χ0) is 14.0. The van der Waals surface area contributed by atoms with E-state index >= 15 is 0 Å². The van der Waals surface area contributed by atoms with Gasteiger partial charge < -0.3 is 0 Å². The monoisotopic (exact) mass is 360 g/mol. The number of hydrogen-bond donors (Lipinski definition) is 1. The van der Waals surface area contributed by atoms with Crippen molar-refractivity contribution in [2.75, 3.05) is 0 Å². The lowest BCUT2D eigenvalue weighted by molar-refractivity contribution is 0.482. The fraction of sp³-hybridized carbons (Fsp3) is 0.0769. The average molecular weight is 362 g/mol. The smallest absolute Gasteiger partial charge is 0.282 e. The van der Waals surface area contributed by atoms with E-state index < -0.39 is 10.1 Å². The van der Waals surface area contributed by atoms with Crippen molar-refractivity contribution in [1.29, 1.82) is 0 Å². The molecule has 0 unspecified atom stereocenters. The van der Waals surface area contributed by atoms with Crippen LogP contribution in [0, 0.1) is 0 Å². The number of benzene rings is 2. The SMILES string of the molecule is O=S(=O)(O)c1cccc(Br)c1Cc1cccc(Cl)c1. The summed E-state index contributed by atoms with van der Waals surface area (Å²) in [5.74, 6) is 0. The molecule has 0 aliphatic heterocycles. The number of halogens is 2. The molecule has 0 amide bonds. The lowest BCUT2D eigenvalue weighted by Crippen LogP contribution is -2.04. The van der Waals surface area contributed by atoms with Crippen LogP contribution in [-0.4, -0.2) is 13.0 Å². The zero-order valence-corrected chi connectivity index (χ0v) is 12.8. The summed E-state index contributed by atoms with van der Waals surface area (Å²) in [5, 5.41) is 0.581. The first-order valence-corrected chi connectivity index (χ1v) is 7.98. The van der Waals surface area contributed by atoms with Gasteiger partial charge in [0.25, 0.3) is 10.1 Å². The molecular weight excluding hydrogens is 352 g/mol. The van der Waals surface area contributed by atoms with Crippen LogP contribution in [0.15, 0.2) is 51.8 Å². The highest BCUT2D eigenvalue weighted by Crippen LogP contribution is 2.27. The molecule has 0 spiro atoms. The van der Waals surface area contributed by atoms with Crippen LogP contribution in [0.2, 0.25) is 5.02 Å². The van der Waals surface area contributed by atoms with Crippen LogP contribution in [0.25, 0.3) is 0 Å². The molecule has 0 saturated heterocycles. The topological polar surface area (TPSA) is 54.4 Å². The molecule has 19 heavy (non-hydrogen) atoms. The highest BCUT2D eigenvalue weighted by atomic mass is 79.9. The first-order valence-electron chi connectivity index (χ1n) is 5.37. The van der Waals surface area contributed by atoms with E-state index in [1.54, 1.807) is 30.3 Å². The molecule has 100 valence electrons. The Balaban J connectivity index is 2.51. The van der Waals surface area contributed by atoms with E-state index in [0.717, 1.165) is 5.56 Å². The summed E-state index contributed by atoms with van der Waals surface area (Å²) in [6, 6.07) is 11.8. The summed E-state index contributed by atoms with van der Waals surface area (Å²) in [4.78, 5) is -0.0955. The molecule has 0 heterocycles. The Kier molecular flexibility index (Phi) is 4.30. The molecule has 0 aliphatic rings. The van der Waals surface area contributed by atoms with Gasteiger partial charge in [-0.25, -0.2) is 0 Å². The maximum Gasteiger partial charge on any atom is 0.294 e. The van der Waals surface area contributed by atoms with Gasteiger partial charge in [-0.2, -0.15) is 8.42 Å². The molecule has 1 N–H and O–H groups in total. The van der Waals surface area contributed by atoms with Gasteiger partial charge in [0.2, 0.25) is 0 Å². The third kappa shape index (κ3) is 3.57. The van der Waals surface area contributed by atoms with Crippen molar-refractivity contribution < 1.29 is 13.0 Å². The lowest BCUT2D eigenvalue weighted by Gasteiger charge is -2.10. The highest BCUT2D eigenvalue weighted by molar-refractivity contribution is 9.10. The van der Waals surface area contributed by atoms with Crippen molar-refractivity contribution in [2.24, 2.45) is 0 Å². The van der Waals surface area contributed by atoms with Crippen LogP contribution in [0.3, 0.4) is 0 Å². The van der Waals surface area contributed by atoms with Gasteiger partial charge in [-0.15, -0.1) is 0 Å². The van der Waals surface area contributed by atoms with Gasteiger partial charge in [-0.05, 0) is 41.8 Å². The van der Waals surface area contributed by atoms with Gasteiger partial charge in [0.15, 0.2) is 0 Å². The minimum absolute atomic E-state index is 0.0955. The van der Waals surface area contributed by atoms with Crippen LogP contribution in [0.1, 0.15) is 11.1 Å². The molecule has 6 heteroatoms. The van der Waals surface area contributed by atoms with Crippen molar-refractivity contribution in [3.05, 3.63) is 63.1 Å². The molecule has 0 atom stereocenters. The van der Waals surface area contributed by atoms with Crippen LogP contribution in [0.5, 0.6) is 0 Å². The molecular formula is C13H10BrClO3S. The Morgan fingerprint density at radius 2 is 1.84 bits per heavy atom. The Hall–Kier alpha value is -0.880. The third-order valence-corrected chi connectivity index (χ3v) is 4.54. The molecule has 0 aromatic heterocycles. The lowest BCUT2D eigenvalue weighted by atomic mass is 10.1. The van der Waals surface area contributed by atoms with Crippen LogP contribution in [-0.2, 0) is 16.5 Å². The quantitative estimate of drug-likeness (QED) is 0.843. The van der Waals surface area contributed by atoms with E-state index in [-0.39, 0.29) is 4.90 Å². The normalized spacial score (nSPS) is 11.5. The molecule has 0 radical (unpaired) electrons. The summed E-state index contributed by atoms with van der Waals surface area (Å²) in [7, 11) is -4.25. The fourth-order valence-electron chi connectivity index (χ4n) is 1.80. The minimum atomic E-state index is -4.25. The van der Waals surface area contributed by atoms with E-state index in [2.05, 4.69) is 15.9 Å². The first-order chi connectivity index (χ1) is 8.88. The molecule has 2 aromatic carbocycles. The van der Waals surface area contributed by atoms with Gasteiger partial charge in [0.1, 0.15) is 0 Å². The van der Waals surface area contributed by atoms with Gasteiger partial charge in [-0.3, -0.25) is 4.55 Å². The van der Waals surface area contributed by atoms with Gasteiger partial charge >= 0.3 is 0 Å². The third-order valence-electron chi connectivity index (χ3n) is 2.62. The van der Waals surface area contributed by atoms with E-state index in [1.807, 2.05) is 6.07 Å². The predicted molar refractivity (Wildman–Crippen MR) is 78.2 cm³/mol. The summed E-state index contributed by atoms with van der Waals surface area (Å²) >= 11 is 9.21. The molecule has 0 fully saturated rings. The summed E-state index contributed by atoms with van der Waals surface area (Å²) in [5.41, 5.74) is 1.37. The maximum absolute atomic E-state index is 11.4. The molecule has 0 saturated carbocycles. The second-order valence-corrected chi connectivity index (χ2v) is 6.68. The molecule has 2 rings (SSSR count). The summed E-state index contributed by atoms with van der Waals surface area (Å²) in [6.45, 7) is 0. The standard InChI is InChI=1S/C13H10BrClO3S/c14-12-5-2-6-13(19(16,17)18)11(12)8-9-3-1-4-10(15)7-9/h1-7H,8H2,(H,16,17,18). The summed E-state index contributed by atoms with van der Waals surface area (Å²) < 4.78 is 32.6. The largest absolute Gasteiger partial charge is 0.294 e. The van der Waals surface area contributed by atoms with Crippen molar-refractivity contribution in [3.8, 4) is 0 Å².